The number of aryl methyl sites for hydroxylation is 2. The fourth-order valence-corrected chi connectivity index (χ4v) is 4.54. The molecule has 2 aliphatic heterocycles. The fourth-order valence-electron chi connectivity index (χ4n) is 4.54. The normalized spacial score (nSPS) is 19.8. The van der Waals surface area contributed by atoms with Crippen molar-refractivity contribution in [1.82, 2.24) is 25.7 Å². The minimum Gasteiger partial charge on any atom is -0.331 e. The van der Waals surface area contributed by atoms with Crippen molar-refractivity contribution in [3.8, 4) is 11.1 Å². The van der Waals surface area contributed by atoms with E-state index in [4.69, 9.17) is 0 Å². The molecule has 2 aliphatic rings. The van der Waals surface area contributed by atoms with Crippen LogP contribution in [0, 0.1) is 19.7 Å². The number of rotatable bonds is 4. The van der Waals surface area contributed by atoms with Crippen LogP contribution in [0.5, 0.6) is 0 Å². The molecule has 1 saturated heterocycles. The highest BCUT2D eigenvalue weighted by Crippen LogP contribution is 2.33. The molecule has 0 unspecified atom stereocenters. The average Bonchev–Trinajstić information content (AvgIpc) is 3.36. The van der Waals surface area contributed by atoms with Crippen LogP contribution in [0.4, 0.5) is 9.18 Å². The van der Waals surface area contributed by atoms with Gasteiger partial charge in [-0.2, -0.15) is 5.10 Å². The highest BCUT2D eigenvalue weighted by Gasteiger charge is 2.50. The van der Waals surface area contributed by atoms with Crippen molar-refractivity contribution in [2.45, 2.75) is 25.9 Å². The number of H-pyrrole nitrogens is 1. The Labute approximate surface area is 182 Å². The molecular weight excluding hydrogens is 413 g/mol. The van der Waals surface area contributed by atoms with Gasteiger partial charge in [0.1, 0.15) is 5.82 Å². The number of imide groups is 1. The molecule has 0 radical (unpaired) electrons. The van der Waals surface area contributed by atoms with Crippen molar-refractivity contribution in [2.24, 2.45) is 0 Å². The highest BCUT2D eigenvalue weighted by molar-refractivity contribution is 6.08. The van der Waals surface area contributed by atoms with Gasteiger partial charge in [0.25, 0.3) is 11.8 Å². The molecule has 4 amide bonds. The van der Waals surface area contributed by atoms with Crippen molar-refractivity contribution in [3.05, 3.63) is 76.4 Å². The maximum atomic E-state index is 13.6. The fraction of sp³-hybridized carbons (Fsp3) is 0.217. The molecule has 3 heterocycles. The van der Waals surface area contributed by atoms with E-state index in [1.807, 2.05) is 26.0 Å². The Morgan fingerprint density at radius 3 is 2.47 bits per heavy atom. The first-order valence-electron chi connectivity index (χ1n) is 10.1. The number of hydrogen-bond donors (Lipinski definition) is 3. The van der Waals surface area contributed by atoms with Crippen LogP contribution in [0.3, 0.4) is 0 Å². The SMILES string of the molecule is Cc1n[nH]c(C)c1-c1ccc([C@]2(CN3Cc4ccc(F)cc4C3=O)NC(=O)NC2=O)cc1. The first-order valence-corrected chi connectivity index (χ1v) is 10.1. The molecule has 1 fully saturated rings. The van der Waals surface area contributed by atoms with Crippen LogP contribution in [-0.4, -0.2) is 39.5 Å². The number of fused-ring (bicyclic) bond motifs is 1. The molecule has 1 aromatic heterocycles. The summed E-state index contributed by atoms with van der Waals surface area (Å²) in [5.41, 5.74) is 3.69. The number of aromatic amines is 1. The zero-order chi connectivity index (χ0) is 22.6. The Kier molecular flexibility index (Phi) is 4.37. The standard InChI is InChI=1S/C23H20FN5O3/c1-12-19(13(2)28-27-12)14-3-6-16(7-4-14)23(21(31)25-22(32)26-23)11-29-10-15-5-8-17(24)9-18(15)20(29)30/h3-9H,10-11H2,1-2H3,(H,27,28)(H2,25,26,31,32)/t23-/m0/s1. The van der Waals surface area contributed by atoms with Gasteiger partial charge in [0.2, 0.25) is 0 Å². The summed E-state index contributed by atoms with van der Waals surface area (Å²) < 4.78 is 13.6. The van der Waals surface area contributed by atoms with Gasteiger partial charge in [0.05, 0.1) is 12.2 Å². The third kappa shape index (κ3) is 2.96. The first kappa shape index (κ1) is 19.9. The number of aromatic nitrogens is 2. The molecule has 8 nitrogen and oxygen atoms in total. The largest absolute Gasteiger partial charge is 0.331 e. The van der Waals surface area contributed by atoms with Crippen LogP contribution in [0.25, 0.3) is 11.1 Å². The lowest BCUT2D eigenvalue weighted by Gasteiger charge is -2.31. The third-order valence-corrected chi connectivity index (χ3v) is 6.11. The number of carbonyl (C=O) groups is 3. The van der Waals surface area contributed by atoms with Gasteiger partial charge >= 0.3 is 6.03 Å². The zero-order valence-corrected chi connectivity index (χ0v) is 17.5. The minimum absolute atomic E-state index is 0.0805. The second-order valence-corrected chi connectivity index (χ2v) is 8.16. The molecule has 0 aliphatic carbocycles. The van der Waals surface area contributed by atoms with Crippen molar-refractivity contribution >= 4 is 17.8 Å². The van der Waals surface area contributed by atoms with Gasteiger partial charge in [0.15, 0.2) is 5.54 Å². The monoisotopic (exact) mass is 433 g/mol. The van der Waals surface area contributed by atoms with Crippen LogP contribution in [0.1, 0.15) is 32.9 Å². The molecular formula is C23H20FN5O3. The Morgan fingerprint density at radius 2 is 1.84 bits per heavy atom. The predicted octanol–water partition coefficient (Wildman–Crippen LogP) is 2.52. The van der Waals surface area contributed by atoms with Gasteiger partial charge < -0.3 is 10.2 Å². The van der Waals surface area contributed by atoms with Crippen molar-refractivity contribution in [1.29, 1.82) is 0 Å². The van der Waals surface area contributed by atoms with Gasteiger partial charge in [0, 0.05) is 23.4 Å². The lowest BCUT2D eigenvalue weighted by Crippen LogP contribution is -2.52. The Hall–Kier alpha value is -4.01. The Morgan fingerprint density at radius 1 is 1.09 bits per heavy atom. The Bertz CT molecular complexity index is 1260. The maximum absolute atomic E-state index is 13.6. The molecule has 162 valence electrons. The van der Waals surface area contributed by atoms with Crippen LogP contribution in [-0.2, 0) is 16.9 Å². The number of amides is 4. The van der Waals surface area contributed by atoms with E-state index in [0.29, 0.717) is 11.1 Å². The van der Waals surface area contributed by atoms with Crippen molar-refractivity contribution in [2.75, 3.05) is 6.54 Å². The molecule has 9 heteroatoms. The highest BCUT2D eigenvalue weighted by atomic mass is 19.1. The van der Waals surface area contributed by atoms with Crippen LogP contribution >= 0.6 is 0 Å². The summed E-state index contributed by atoms with van der Waals surface area (Å²) in [6.45, 7) is 3.97. The molecule has 0 saturated carbocycles. The number of urea groups is 1. The molecule has 5 rings (SSSR count). The predicted molar refractivity (Wildman–Crippen MR) is 113 cm³/mol. The van der Waals surface area contributed by atoms with Gasteiger partial charge in [-0.1, -0.05) is 30.3 Å². The molecule has 1 atom stereocenters. The molecule has 0 spiro atoms. The second-order valence-electron chi connectivity index (χ2n) is 8.16. The number of hydrogen-bond acceptors (Lipinski definition) is 4. The van der Waals surface area contributed by atoms with E-state index in [9.17, 15) is 18.8 Å². The number of halogens is 1. The summed E-state index contributed by atoms with van der Waals surface area (Å²) in [5, 5.41) is 12.2. The number of benzene rings is 2. The van der Waals surface area contributed by atoms with E-state index in [1.54, 1.807) is 18.2 Å². The van der Waals surface area contributed by atoms with Gasteiger partial charge in [-0.15, -0.1) is 0 Å². The molecule has 2 aromatic carbocycles. The van der Waals surface area contributed by atoms with Crippen LogP contribution < -0.4 is 10.6 Å². The summed E-state index contributed by atoms with van der Waals surface area (Å²) in [5.74, 6) is -1.42. The van der Waals surface area contributed by atoms with E-state index in [0.717, 1.165) is 22.5 Å². The number of carbonyl (C=O) groups excluding carboxylic acids is 3. The smallest absolute Gasteiger partial charge is 0.322 e. The van der Waals surface area contributed by atoms with E-state index in [2.05, 4.69) is 20.8 Å². The summed E-state index contributed by atoms with van der Waals surface area (Å²) in [6.07, 6.45) is 0. The van der Waals surface area contributed by atoms with E-state index < -0.39 is 23.3 Å². The lowest BCUT2D eigenvalue weighted by atomic mass is 9.88. The minimum atomic E-state index is -1.45. The van der Waals surface area contributed by atoms with E-state index in [-0.39, 0.29) is 24.6 Å². The quantitative estimate of drug-likeness (QED) is 0.550. The van der Waals surface area contributed by atoms with Crippen LogP contribution in [0.2, 0.25) is 0 Å². The average molecular weight is 433 g/mol. The van der Waals surface area contributed by atoms with Gasteiger partial charge in [-0.05, 0) is 42.7 Å². The third-order valence-electron chi connectivity index (χ3n) is 6.11. The first-order chi connectivity index (χ1) is 15.3. The molecule has 3 N–H and O–H groups in total. The van der Waals surface area contributed by atoms with E-state index in [1.165, 1.54) is 17.0 Å². The summed E-state index contributed by atoms with van der Waals surface area (Å²) in [4.78, 5) is 39.4. The second kappa shape index (κ2) is 7.01. The summed E-state index contributed by atoms with van der Waals surface area (Å²) in [7, 11) is 0. The number of nitrogens with zero attached hydrogens (tertiary/aromatic N) is 2. The molecule has 0 bridgehead atoms. The van der Waals surface area contributed by atoms with Gasteiger partial charge in [-0.25, -0.2) is 9.18 Å². The molecule has 3 aromatic rings. The lowest BCUT2D eigenvalue weighted by molar-refractivity contribution is -0.124. The van der Waals surface area contributed by atoms with Crippen molar-refractivity contribution < 1.29 is 18.8 Å². The van der Waals surface area contributed by atoms with Gasteiger partial charge in [-0.3, -0.25) is 20.0 Å². The zero-order valence-electron chi connectivity index (χ0n) is 17.5. The molecule has 32 heavy (non-hydrogen) atoms. The van der Waals surface area contributed by atoms with E-state index >= 15 is 0 Å². The number of nitrogens with one attached hydrogen (secondary N) is 3. The Balaban J connectivity index is 1.51. The topological polar surface area (TPSA) is 107 Å². The van der Waals surface area contributed by atoms with Crippen LogP contribution in [0.15, 0.2) is 42.5 Å². The maximum Gasteiger partial charge on any atom is 0.322 e. The summed E-state index contributed by atoms with van der Waals surface area (Å²) in [6, 6.07) is 10.7. The van der Waals surface area contributed by atoms with Crippen molar-refractivity contribution in [3.63, 3.8) is 0 Å². The summed E-state index contributed by atoms with van der Waals surface area (Å²) >= 11 is 0.